The van der Waals surface area contributed by atoms with Crippen molar-refractivity contribution in [3.05, 3.63) is 33.3 Å². The molecule has 0 aliphatic carbocycles. The van der Waals surface area contributed by atoms with Crippen LogP contribution in [0.4, 0.5) is 0 Å². The van der Waals surface area contributed by atoms with Crippen LogP contribution in [0.15, 0.2) is 17.1 Å². The van der Waals surface area contributed by atoms with Crippen LogP contribution < -0.4 is 5.56 Å². The van der Waals surface area contributed by atoms with Crippen LogP contribution in [0, 0.1) is 11.3 Å². The van der Waals surface area contributed by atoms with Gasteiger partial charge in [0.1, 0.15) is 11.8 Å². The van der Waals surface area contributed by atoms with Crippen molar-refractivity contribution >= 4 is 22.5 Å². The van der Waals surface area contributed by atoms with Crippen LogP contribution in [0.2, 0.25) is 5.15 Å². The van der Waals surface area contributed by atoms with Crippen molar-refractivity contribution < 1.29 is 5.11 Å². The Bertz CT molecular complexity index is 685. The van der Waals surface area contributed by atoms with Gasteiger partial charge in [-0.15, -0.1) is 0 Å². The molecule has 0 aliphatic rings. The Morgan fingerprint density at radius 3 is 2.94 bits per heavy atom. The summed E-state index contributed by atoms with van der Waals surface area (Å²) in [6, 6.07) is 3.17. The van der Waals surface area contributed by atoms with E-state index in [1.165, 1.54) is 23.9 Å². The molecule has 0 unspecified atom stereocenters. The number of pyridine rings is 2. The third kappa shape index (κ3) is 1.24. The molecule has 16 heavy (non-hydrogen) atoms. The second-order valence-electron chi connectivity index (χ2n) is 3.20. The normalized spacial score (nSPS) is 10.3. The summed E-state index contributed by atoms with van der Waals surface area (Å²) in [5.74, 6) is -0.357. The van der Waals surface area contributed by atoms with Crippen LogP contribution in [-0.4, -0.2) is 14.7 Å². The van der Waals surface area contributed by atoms with Gasteiger partial charge >= 0.3 is 0 Å². The van der Waals surface area contributed by atoms with Crippen molar-refractivity contribution in [3.8, 4) is 11.8 Å². The number of nitrogens with zero attached hydrogens (tertiary/aromatic N) is 3. The van der Waals surface area contributed by atoms with E-state index in [2.05, 4.69) is 4.98 Å². The monoisotopic (exact) mass is 235 g/mol. The minimum Gasteiger partial charge on any atom is -0.506 e. The average Bonchev–Trinajstić information content (AvgIpc) is 2.27. The van der Waals surface area contributed by atoms with Gasteiger partial charge in [-0.25, -0.2) is 4.98 Å². The fourth-order valence-electron chi connectivity index (χ4n) is 1.54. The van der Waals surface area contributed by atoms with Crippen LogP contribution in [-0.2, 0) is 7.05 Å². The van der Waals surface area contributed by atoms with E-state index in [0.717, 1.165) is 0 Å². The molecule has 6 heteroatoms. The van der Waals surface area contributed by atoms with Crippen LogP contribution in [0.5, 0.6) is 5.75 Å². The number of rotatable bonds is 0. The molecule has 0 amide bonds. The van der Waals surface area contributed by atoms with Gasteiger partial charge in [0, 0.05) is 18.6 Å². The first kappa shape index (κ1) is 10.5. The van der Waals surface area contributed by atoms with Gasteiger partial charge in [-0.3, -0.25) is 4.79 Å². The average molecular weight is 236 g/mol. The lowest BCUT2D eigenvalue weighted by atomic mass is 10.1. The van der Waals surface area contributed by atoms with Crippen LogP contribution in [0.25, 0.3) is 10.9 Å². The molecule has 0 aliphatic heterocycles. The summed E-state index contributed by atoms with van der Waals surface area (Å²) in [7, 11) is 1.47. The predicted molar refractivity (Wildman–Crippen MR) is 58.4 cm³/mol. The maximum absolute atomic E-state index is 11.7. The Hall–Kier alpha value is -2.06. The largest absolute Gasteiger partial charge is 0.506 e. The molecule has 5 nitrogen and oxygen atoms in total. The molecule has 0 atom stereocenters. The van der Waals surface area contributed by atoms with E-state index in [0.29, 0.717) is 10.9 Å². The van der Waals surface area contributed by atoms with Gasteiger partial charge in [0.05, 0.1) is 5.52 Å². The first-order valence-corrected chi connectivity index (χ1v) is 4.72. The highest BCUT2D eigenvalue weighted by atomic mass is 35.5. The lowest BCUT2D eigenvalue weighted by Gasteiger charge is -2.08. The first-order chi connectivity index (χ1) is 7.57. The topological polar surface area (TPSA) is 78.9 Å². The lowest BCUT2D eigenvalue weighted by Crippen LogP contribution is -2.20. The minimum atomic E-state index is -0.595. The third-order valence-corrected chi connectivity index (χ3v) is 2.61. The van der Waals surface area contributed by atoms with E-state index in [9.17, 15) is 9.90 Å². The van der Waals surface area contributed by atoms with E-state index in [4.69, 9.17) is 16.9 Å². The second-order valence-corrected chi connectivity index (χ2v) is 3.56. The first-order valence-electron chi connectivity index (χ1n) is 4.34. The zero-order valence-electron chi connectivity index (χ0n) is 8.23. The molecule has 2 aromatic rings. The molecule has 0 spiro atoms. The number of nitriles is 1. The van der Waals surface area contributed by atoms with Crippen LogP contribution in [0.1, 0.15) is 5.56 Å². The Kier molecular flexibility index (Phi) is 2.29. The Morgan fingerprint density at radius 1 is 1.62 bits per heavy atom. The van der Waals surface area contributed by atoms with Crippen LogP contribution in [0.3, 0.4) is 0 Å². The molecule has 0 bridgehead atoms. The maximum atomic E-state index is 11.7. The highest BCUT2D eigenvalue weighted by Crippen LogP contribution is 2.28. The highest BCUT2D eigenvalue weighted by Gasteiger charge is 2.16. The molecular weight excluding hydrogens is 230 g/mol. The van der Waals surface area contributed by atoms with Crippen molar-refractivity contribution in [1.29, 1.82) is 5.26 Å². The summed E-state index contributed by atoms with van der Waals surface area (Å²) < 4.78 is 1.20. The molecule has 2 heterocycles. The molecule has 0 saturated heterocycles. The smallest absolute Gasteiger partial charge is 0.272 e. The highest BCUT2D eigenvalue weighted by molar-refractivity contribution is 6.34. The molecule has 0 fully saturated rings. The van der Waals surface area contributed by atoms with Crippen molar-refractivity contribution in [1.82, 2.24) is 9.55 Å². The molecular formula is C10H6ClN3O2. The van der Waals surface area contributed by atoms with E-state index in [1.54, 1.807) is 6.07 Å². The van der Waals surface area contributed by atoms with E-state index in [1.807, 2.05) is 0 Å². The number of aromatic hydroxyl groups is 1. The summed E-state index contributed by atoms with van der Waals surface area (Å²) in [4.78, 5) is 15.5. The van der Waals surface area contributed by atoms with Gasteiger partial charge in [0.15, 0.2) is 10.7 Å². The second kappa shape index (κ2) is 3.51. The van der Waals surface area contributed by atoms with Gasteiger partial charge in [-0.2, -0.15) is 5.26 Å². The summed E-state index contributed by atoms with van der Waals surface area (Å²) in [6.07, 6.45) is 1.40. The van der Waals surface area contributed by atoms with Gasteiger partial charge in [-0.1, -0.05) is 11.6 Å². The van der Waals surface area contributed by atoms with Gasteiger partial charge in [0.25, 0.3) is 5.56 Å². The van der Waals surface area contributed by atoms with Crippen molar-refractivity contribution in [2.45, 2.75) is 0 Å². The van der Waals surface area contributed by atoms with E-state index >= 15 is 0 Å². The minimum absolute atomic E-state index is 0.108. The summed E-state index contributed by atoms with van der Waals surface area (Å²) in [5, 5.41) is 19.0. The molecule has 2 aromatic heterocycles. The maximum Gasteiger partial charge on any atom is 0.272 e. The van der Waals surface area contributed by atoms with Crippen molar-refractivity contribution in [2.75, 3.05) is 0 Å². The molecule has 80 valence electrons. The molecule has 1 N–H and O–H groups in total. The van der Waals surface area contributed by atoms with Crippen molar-refractivity contribution in [3.63, 3.8) is 0 Å². The number of aryl methyl sites for hydroxylation is 1. The Balaban J connectivity index is 3.16. The third-order valence-electron chi connectivity index (χ3n) is 2.34. The number of hydrogen-bond acceptors (Lipinski definition) is 4. The molecule has 2 rings (SSSR count). The van der Waals surface area contributed by atoms with E-state index in [-0.39, 0.29) is 16.5 Å². The zero-order valence-corrected chi connectivity index (χ0v) is 8.99. The molecule has 0 saturated carbocycles. The summed E-state index contributed by atoms with van der Waals surface area (Å²) >= 11 is 5.84. The lowest BCUT2D eigenvalue weighted by molar-refractivity contribution is 0.477. The standard InChI is InChI=1S/C10H6ClN3O2/c1-14-7-5(2-3-13-9(7)11)8(15)6(4-12)10(14)16/h2-3,15H,1H3. The quantitative estimate of drug-likeness (QED) is 0.695. The van der Waals surface area contributed by atoms with Crippen LogP contribution >= 0.6 is 11.6 Å². The van der Waals surface area contributed by atoms with Crippen molar-refractivity contribution in [2.24, 2.45) is 7.05 Å². The Morgan fingerprint density at radius 2 is 2.31 bits per heavy atom. The fourth-order valence-corrected chi connectivity index (χ4v) is 1.83. The number of halogens is 1. The van der Waals surface area contributed by atoms with Gasteiger partial charge < -0.3 is 9.67 Å². The van der Waals surface area contributed by atoms with Gasteiger partial charge in [-0.05, 0) is 6.07 Å². The summed E-state index contributed by atoms with van der Waals surface area (Å²) in [6.45, 7) is 0. The van der Waals surface area contributed by atoms with E-state index < -0.39 is 5.56 Å². The molecule has 0 radical (unpaired) electrons. The summed E-state index contributed by atoms with van der Waals surface area (Å²) in [5.41, 5.74) is -0.578. The predicted octanol–water partition coefficient (Wildman–Crippen LogP) is 1.16. The zero-order chi connectivity index (χ0) is 11.9. The fraction of sp³-hybridized carbons (Fsp3) is 0.100. The Labute approximate surface area is 95.1 Å². The molecule has 0 aromatic carbocycles. The number of aromatic nitrogens is 2. The number of hydrogen-bond donors (Lipinski definition) is 1. The number of fused-ring (bicyclic) bond motifs is 1. The van der Waals surface area contributed by atoms with Gasteiger partial charge in [0.2, 0.25) is 0 Å². The SMILES string of the molecule is Cn1c(=O)c(C#N)c(O)c2ccnc(Cl)c21.